The van der Waals surface area contributed by atoms with E-state index < -0.39 is 0 Å². The Morgan fingerprint density at radius 2 is 1.56 bits per heavy atom. The molecule has 1 aliphatic carbocycles. The summed E-state index contributed by atoms with van der Waals surface area (Å²) in [5.41, 5.74) is 0.431. The Balaban J connectivity index is 1.18. The third-order valence-electron chi connectivity index (χ3n) is 5.68. The molecular weight excluding hydrogens is 344 g/mol. The lowest BCUT2D eigenvalue weighted by Crippen LogP contribution is -2.49. The number of piperazine rings is 1. The molecule has 4 heterocycles. The van der Waals surface area contributed by atoms with Gasteiger partial charge in [-0.25, -0.2) is 0 Å². The van der Waals surface area contributed by atoms with Crippen molar-refractivity contribution in [2.75, 3.05) is 49.1 Å². The Morgan fingerprint density at radius 3 is 2.15 bits per heavy atom. The SMILES string of the molecule is O=C(c1cc(C2CC2)on1)N1CCN(c2ccc(N3CCCC3)nn2)CC1. The molecule has 0 unspecified atom stereocenters. The van der Waals surface area contributed by atoms with Gasteiger partial charge in [0.15, 0.2) is 17.3 Å². The maximum absolute atomic E-state index is 12.6. The summed E-state index contributed by atoms with van der Waals surface area (Å²) in [5, 5.41) is 12.8. The summed E-state index contributed by atoms with van der Waals surface area (Å²) in [6.07, 6.45) is 4.73. The first-order valence-electron chi connectivity index (χ1n) is 9.87. The molecule has 2 aromatic heterocycles. The number of anilines is 2. The fourth-order valence-electron chi connectivity index (χ4n) is 3.85. The zero-order chi connectivity index (χ0) is 18.2. The van der Waals surface area contributed by atoms with Gasteiger partial charge in [-0.2, -0.15) is 0 Å². The van der Waals surface area contributed by atoms with Crippen molar-refractivity contribution in [2.24, 2.45) is 0 Å². The topological polar surface area (TPSA) is 78.6 Å². The van der Waals surface area contributed by atoms with E-state index in [1.54, 1.807) is 0 Å². The van der Waals surface area contributed by atoms with E-state index >= 15 is 0 Å². The van der Waals surface area contributed by atoms with Crippen LogP contribution in [0.4, 0.5) is 11.6 Å². The Bertz CT molecular complexity index is 802. The molecule has 0 spiro atoms. The lowest BCUT2D eigenvalue weighted by Gasteiger charge is -2.34. The lowest BCUT2D eigenvalue weighted by atomic mass is 10.2. The van der Waals surface area contributed by atoms with Crippen molar-refractivity contribution in [1.82, 2.24) is 20.3 Å². The van der Waals surface area contributed by atoms with Gasteiger partial charge in [0.05, 0.1) is 0 Å². The van der Waals surface area contributed by atoms with Crippen LogP contribution >= 0.6 is 0 Å². The highest BCUT2D eigenvalue weighted by Gasteiger charge is 2.31. The van der Waals surface area contributed by atoms with Crippen LogP contribution in [0.5, 0.6) is 0 Å². The quantitative estimate of drug-likeness (QED) is 0.815. The largest absolute Gasteiger partial charge is 0.360 e. The van der Waals surface area contributed by atoms with Crippen LogP contribution in [-0.4, -0.2) is 65.4 Å². The second-order valence-corrected chi connectivity index (χ2v) is 7.61. The molecule has 8 heteroatoms. The molecule has 27 heavy (non-hydrogen) atoms. The normalized spacial score (nSPS) is 20.4. The zero-order valence-corrected chi connectivity index (χ0v) is 15.4. The van der Waals surface area contributed by atoms with Gasteiger partial charge in [-0.05, 0) is 37.8 Å². The Hall–Kier alpha value is -2.64. The molecular formula is C19H24N6O2. The highest BCUT2D eigenvalue weighted by molar-refractivity contribution is 5.92. The lowest BCUT2D eigenvalue weighted by molar-refractivity contribution is 0.0736. The summed E-state index contributed by atoms with van der Waals surface area (Å²) in [6.45, 7) is 4.94. The molecule has 0 N–H and O–H groups in total. The fraction of sp³-hybridized carbons (Fsp3) is 0.579. The van der Waals surface area contributed by atoms with Gasteiger partial charge < -0.3 is 19.2 Å². The monoisotopic (exact) mass is 368 g/mol. The summed E-state index contributed by atoms with van der Waals surface area (Å²) in [6, 6.07) is 5.91. The highest BCUT2D eigenvalue weighted by Crippen LogP contribution is 2.40. The van der Waals surface area contributed by atoms with Crippen LogP contribution in [0.3, 0.4) is 0 Å². The summed E-state index contributed by atoms with van der Waals surface area (Å²) in [5.74, 6) is 3.12. The van der Waals surface area contributed by atoms with Gasteiger partial charge in [-0.3, -0.25) is 4.79 Å². The van der Waals surface area contributed by atoms with Crippen LogP contribution in [0.15, 0.2) is 22.7 Å². The first kappa shape index (κ1) is 16.5. The third-order valence-corrected chi connectivity index (χ3v) is 5.68. The molecule has 3 fully saturated rings. The van der Waals surface area contributed by atoms with Crippen LogP contribution in [0, 0.1) is 0 Å². The number of carbonyl (C=O) groups excluding carboxylic acids is 1. The van der Waals surface area contributed by atoms with Crippen LogP contribution < -0.4 is 9.80 Å². The average Bonchev–Trinajstić information content (AvgIpc) is 3.22. The summed E-state index contributed by atoms with van der Waals surface area (Å²) < 4.78 is 5.31. The minimum absolute atomic E-state index is 0.0410. The van der Waals surface area contributed by atoms with E-state index in [1.165, 1.54) is 12.8 Å². The van der Waals surface area contributed by atoms with E-state index in [1.807, 2.05) is 17.0 Å². The van der Waals surface area contributed by atoms with E-state index in [0.29, 0.717) is 24.7 Å². The third kappa shape index (κ3) is 3.36. The molecule has 142 valence electrons. The summed E-state index contributed by atoms with van der Waals surface area (Å²) in [7, 11) is 0. The fourth-order valence-corrected chi connectivity index (χ4v) is 3.85. The van der Waals surface area contributed by atoms with Gasteiger partial charge in [-0.1, -0.05) is 5.16 Å². The molecule has 3 aliphatic rings. The number of rotatable bonds is 4. The van der Waals surface area contributed by atoms with Crippen molar-refractivity contribution in [1.29, 1.82) is 0 Å². The van der Waals surface area contributed by atoms with E-state index in [2.05, 4.69) is 31.2 Å². The molecule has 0 bridgehead atoms. The van der Waals surface area contributed by atoms with Crippen LogP contribution in [0.1, 0.15) is 47.8 Å². The Morgan fingerprint density at radius 1 is 0.926 bits per heavy atom. The van der Waals surface area contributed by atoms with Crippen molar-refractivity contribution in [3.8, 4) is 0 Å². The smallest absolute Gasteiger partial charge is 0.276 e. The van der Waals surface area contributed by atoms with Gasteiger partial charge in [0.25, 0.3) is 5.91 Å². The first-order valence-corrected chi connectivity index (χ1v) is 9.87. The predicted octanol–water partition coefficient (Wildman–Crippen LogP) is 1.90. The average molecular weight is 368 g/mol. The van der Waals surface area contributed by atoms with Crippen molar-refractivity contribution in [3.63, 3.8) is 0 Å². The molecule has 1 amide bonds. The molecule has 0 radical (unpaired) electrons. The molecule has 2 aromatic rings. The number of nitrogens with zero attached hydrogens (tertiary/aromatic N) is 6. The van der Waals surface area contributed by atoms with E-state index in [9.17, 15) is 4.79 Å². The molecule has 1 saturated carbocycles. The van der Waals surface area contributed by atoms with Gasteiger partial charge in [0.1, 0.15) is 5.76 Å². The van der Waals surface area contributed by atoms with Crippen molar-refractivity contribution < 1.29 is 9.32 Å². The van der Waals surface area contributed by atoms with Gasteiger partial charge in [0, 0.05) is 51.3 Å². The number of amides is 1. The molecule has 8 nitrogen and oxygen atoms in total. The zero-order valence-electron chi connectivity index (χ0n) is 15.4. The van der Waals surface area contributed by atoms with Gasteiger partial charge in [0.2, 0.25) is 0 Å². The number of hydrogen-bond donors (Lipinski definition) is 0. The van der Waals surface area contributed by atoms with Crippen LogP contribution in [0.2, 0.25) is 0 Å². The first-order chi connectivity index (χ1) is 13.3. The number of aromatic nitrogens is 3. The van der Waals surface area contributed by atoms with Crippen molar-refractivity contribution >= 4 is 17.5 Å². The molecule has 2 aliphatic heterocycles. The van der Waals surface area contributed by atoms with E-state index in [0.717, 1.165) is 56.4 Å². The molecule has 2 saturated heterocycles. The molecule has 5 rings (SSSR count). The van der Waals surface area contributed by atoms with E-state index in [4.69, 9.17) is 4.52 Å². The van der Waals surface area contributed by atoms with Gasteiger partial charge in [-0.15, -0.1) is 10.2 Å². The maximum Gasteiger partial charge on any atom is 0.276 e. The second-order valence-electron chi connectivity index (χ2n) is 7.61. The highest BCUT2D eigenvalue weighted by atomic mass is 16.5. The Labute approximate surface area is 158 Å². The van der Waals surface area contributed by atoms with Crippen molar-refractivity contribution in [2.45, 2.75) is 31.6 Å². The molecule has 0 atom stereocenters. The minimum Gasteiger partial charge on any atom is -0.360 e. The van der Waals surface area contributed by atoms with Crippen LogP contribution in [0.25, 0.3) is 0 Å². The predicted molar refractivity (Wildman–Crippen MR) is 100 cm³/mol. The second kappa shape index (κ2) is 6.83. The summed E-state index contributed by atoms with van der Waals surface area (Å²) in [4.78, 5) is 18.9. The van der Waals surface area contributed by atoms with Crippen molar-refractivity contribution in [3.05, 3.63) is 29.7 Å². The molecule has 0 aromatic carbocycles. The van der Waals surface area contributed by atoms with Gasteiger partial charge >= 0.3 is 0 Å². The standard InChI is InChI=1S/C19H24N6O2/c26-19(15-13-16(27-22-15)14-3-4-14)25-11-9-24(10-12-25)18-6-5-17(20-21-18)23-7-1-2-8-23/h5-6,13-14H,1-4,7-12H2. The van der Waals surface area contributed by atoms with E-state index in [-0.39, 0.29) is 5.91 Å². The minimum atomic E-state index is -0.0410. The van der Waals surface area contributed by atoms with Crippen LogP contribution in [-0.2, 0) is 0 Å². The number of hydrogen-bond acceptors (Lipinski definition) is 7. The Kier molecular flexibility index (Phi) is 4.18. The maximum atomic E-state index is 12.6. The number of carbonyl (C=O) groups is 1. The summed E-state index contributed by atoms with van der Waals surface area (Å²) >= 11 is 0.